The van der Waals surface area contributed by atoms with Gasteiger partial charge in [0.25, 0.3) is 0 Å². The van der Waals surface area contributed by atoms with Crippen molar-refractivity contribution in [2.75, 3.05) is 0 Å². The van der Waals surface area contributed by atoms with Crippen LogP contribution in [0.2, 0.25) is 5.15 Å². The number of rotatable bonds is 1. The first-order chi connectivity index (χ1) is 8.65. The van der Waals surface area contributed by atoms with Crippen molar-refractivity contribution in [3.8, 4) is 11.4 Å². The number of hydrogen-bond donors (Lipinski definition) is 0. The molecule has 0 radical (unpaired) electrons. The molecule has 0 aliphatic rings. The average molecular weight is 259 g/mol. The molecule has 5 heteroatoms. The highest BCUT2D eigenvalue weighted by Gasteiger charge is 2.11. The maximum absolute atomic E-state index is 5.84. The smallest absolute Gasteiger partial charge is 0.169 e. The van der Waals surface area contributed by atoms with Crippen molar-refractivity contribution >= 4 is 17.2 Å². The van der Waals surface area contributed by atoms with E-state index in [0.717, 1.165) is 17.0 Å². The zero-order chi connectivity index (χ0) is 12.7. The van der Waals surface area contributed by atoms with E-state index in [0.29, 0.717) is 10.8 Å². The molecule has 18 heavy (non-hydrogen) atoms. The van der Waals surface area contributed by atoms with Crippen LogP contribution in [-0.4, -0.2) is 19.6 Å². The monoisotopic (exact) mass is 258 g/mol. The maximum Gasteiger partial charge on any atom is 0.169 e. The molecule has 90 valence electrons. The Kier molecular flexibility index (Phi) is 2.52. The molecule has 0 N–H and O–H groups in total. The predicted molar refractivity (Wildman–Crippen MR) is 70.7 cm³/mol. The third-order valence-electron chi connectivity index (χ3n) is 2.90. The second kappa shape index (κ2) is 4.07. The van der Waals surface area contributed by atoms with Gasteiger partial charge in [-0.25, -0.2) is 4.98 Å². The third kappa shape index (κ3) is 1.75. The fraction of sp³-hybridized carbons (Fsp3) is 0.154. The van der Waals surface area contributed by atoms with Crippen molar-refractivity contribution in [3.63, 3.8) is 0 Å². The molecule has 0 spiro atoms. The molecule has 2 heterocycles. The van der Waals surface area contributed by atoms with Crippen LogP contribution in [0.3, 0.4) is 0 Å². The minimum atomic E-state index is 0.419. The van der Waals surface area contributed by atoms with Crippen LogP contribution >= 0.6 is 11.6 Å². The first-order valence-electron chi connectivity index (χ1n) is 5.59. The number of fused-ring (bicyclic) bond motifs is 1. The van der Waals surface area contributed by atoms with Crippen molar-refractivity contribution in [2.24, 2.45) is 0 Å². The number of hydrogen-bond acceptors (Lipinski definition) is 3. The number of aromatic nitrogens is 4. The van der Waals surface area contributed by atoms with Crippen LogP contribution < -0.4 is 0 Å². The summed E-state index contributed by atoms with van der Waals surface area (Å²) in [6.45, 7) is 4.11. The van der Waals surface area contributed by atoms with Crippen LogP contribution in [-0.2, 0) is 0 Å². The van der Waals surface area contributed by atoms with E-state index in [2.05, 4.69) is 47.2 Å². The molecular weight excluding hydrogens is 248 g/mol. The van der Waals surface area contributed by atoms with Crippen LogP contribution in [0.25, 0.3) is 17.0 Å². The summed E-state index contributed by atoms with van der Waals surface area (Å²) in [6.07, 6.45) is 1.65. The van der Waals surface area contributed by atoms with Gasteiger partial charge in [0, 0.05) is 11.6 Å². The lowest BCUT2D eigenvalue weighted by Gasteiger charge is -2.05. The molecule has 1 aromatic carbocycles. The quantitative estimate of drug-likeness (QED) is 0.630. The molecule has 0 aliphatic carbocycles. The molecule has 0 amide bonds. The standard InChI is InChI=1S/C13H11ClN4/c1-8-3-4-9(2)10(5-8)13-17-16-12-6-11(14)15-7-18(12)13/h3-7H,1-2H3. The van der Waals surface area contributed by atoms with Gasteiger partial charge in [-0.15, -0.1) is 10.2 Å². The lowest BCUT2D eigenvalue weighted by molar-refractivity contribution is 1.07. The van der Waals surface area contributed by atoms with E-state index in [9.17, 15) is 0 Å². The first kappa shape index (κ1) is 11.2. The summed E-state index contributed by atoms with van der Waals surface area (Å²) in [5.41, 5.74) is 4.11. The molecule has 2 aromatic heterocycles. The number of aryl methyl sites for hydroxylation is 2. The van der Waals surface area contributed by atoms with E-state index in [1.165, 1.54) is 5.56 Å². The number of halogens is 1. The van der Waals surface area contributed by atoms with Crippen LogP contribution in [0.1, 0.15) is 11.1 Å². The van der Waals surface area contributed by atoms with Crippen molar-refractivity contribution < 1.29 is 0 Å². The molecule has 4 nitrogen and oxygen atoms in total. The molecule has 0 atom stereocenters. The predicted octanol–water partition coefficient (Wildman–Crippen LogP) is 3.06. The largest absolute Gasteiger partial charge is 0.265 e. The Morgan fingerprint density at radius 2 is 1.94 bits per heavy atom. The van der Waals surface area contributed by atoms with Gasteiger partial charge in [0.15, 0.2) is 11.5 Å². The summed E-state index contributed by atoms with van der Waals surface area (Å²) >= 11 is 5.84. The lowest BCUT2D eigenvalue weighted by atomic mass is 10.1. The number of nitrogens with zero attached hydrogens (tertiary/aromatic N) is 4. The maximum atomic E-state index is 5.84. The third-order valence-corrected chi connectivity index (χ3v) is 3.11. The van der Waals surface area contributed by atoms with Crippen molar-refractivity contribution in [2.45, 2.75) is 13.8 Å². The van der Waals surface area contributed by atoms with Gasteiger partial charge in [0.05, 0.1) is 0 Å². The van der Waals surface area contributed by atoms with Crippen molar-refractivity contribution in [1.82, 2.24) is 19.6 Å². The average Bonchev–Trinajstić information content (AvgIpc) is 2.75. The molecule has 0 saturated heterocycles. The van der Waals surface area contributed by atoms with E-state index in [-0.39, 0.29) is 0 Å². The summed E-state index contributed by atoms with van der Waals surface area (Å²) in [5.74, 6) is 0.787. The van der Waals surface area contributed by atoms with Gasteiger partial charge >= 0.3 is 0 Å². The van der Waals surface area contributed by atoms with Crippen molar-refractivity contribution in [3.05, 3.63) is 46.9 Å². The van der Waals surface area contributed by atoms with Crippen LogP contribution in [0.5, 0.6) is 0 Å². The van der Waals surface area contributed by atoms with Gasteiger partial charge in [-0.05, 0) is 25.5 Å². The van der Waals surface area contributed by atoms with Crippen LogP contribution in [0, 0.1) is 13.8 Å². The topological polar surface area (TPSA) is 43.1 Å². The fourth-order valence-corrected chi connectivity index (χ4v) is 2.07. The Hall–Kier alpha value is -1.94. The Morgan fingerprint density at radius 1 is 1.11 bits per heavy atom. The fourth-order valence-electron chi connectivity index (χ4n) is 1.93. The molecule has 0 saturated carbocycles. The summed E-state index contributed by atoms with van der Waals surface area (Å²) in [4.78, 5) is 4.07. The Balaban J connectivity index is 2.28. The number of benzene rings is 1. The highest BCUT2D eigenvalue weighted by Crippen LogP contribution is 2.23. The minimum absolute atomic E-state index is 0.419. The molecule has 0 aliphatic heterocycles. The van der Waals surface area contributed by atoms with E-state index < -0.39 is 0 Å². The van der Waals surface area contributed by atoms with Gasteiger partial charge in [0.1, 0.15) is 11.5 Å². The summed E-state index contributed by atoms with van der Waals surface area (Å²) in [6, 6.07) is 7.95. The normalized spacial score (nSPS) is 11.1. The van der Waals surface area contributed by atoms with E-state index >= 15 is 0 Å². The molecule has 0 fully saturated rings. The Morgan fingerprint density at radius 3 is 2.78 bits per heavy atom. The van der Waals surface area contributed by atoms with E-state index in [1.54, 1.807) is 12.4 Å². The molecule has 3 rings (SSSR count). The van der Waals surface area contributed by atoms with E-state index in [1.807, 2.05) is 4.40 Å². The molecule has 0 bridgehead atoms. The van der Waals surface area contributed by atoms with Gasteiger partial charge in [0.2, 0.25) is 0 Å². The summed E-state index contributed by atoms with van der Waals surface area (Å²) in [5, 5.41) is 8.76. The molecular formula is C13H11ClN4. The second-order valence-corrected chi connectivity index (χ2v) is 4.67. The van der Waals surface area contributed by atoms with Gasteiger partial charge in [-0.1, -0.05) is 29.3 Å². The van der Waals surface area contributed by atoms with Gasteiger partial charge in [-0.3, -0.25) is 4.40 Å². The first-order valence-corrected chi connectivity index (χ1v) is 5.97. The van der Waals surface area contributed by atoms with Crippen LogP contribution in [0.15, 0.2) is 30.6 Å². The molecule has 0 unspecified atom stereocenters. The summed E-state index contributed by atoms with van der Waals surface area (Å²) < 4.78 is 1.84. The Labute approximate surface area is 109 Å². The summed E-state index contributed by atoms with van der Waals surface area (Å²) in [7, 11) is 0. The second-order valence-electron chi connectivity index (χ2n) is 4.28. The highest BCUT2D eigenvalue weighted by atomic mass is 35.5. The van der Waals surface area contributed by atoms with Gasteiger partial charge in [-0.2, -0.15) is 0 Å². The van der Waals surface area contributed by atoms with Crippen molar-refractivity contribution in [1.29, 1.82) is 0 Å². The Bertz CT molecular complexity index is 733. The SMILES string of the molecule is Cc1ccc(C)c(-c2nnc3cc(Cl)ncn23)c1. The minimum Gasteiger partial charge on any atom is -0.265 e. The zero-order valence-electron chi connectivity index (χ0n) is 10.1. The highest BCUT2D eigenvalue weighted by molar-refractivity contribution is 6.29. The van der Waals surface area contributed by atoms with E-state index in [4.69, 9.17) is 11.6 Å². The zero-order valence-corrected chi connectivity index (χ0v) is 10.8. The molecule has 3 aromatic rings. The lowest BCUT2D eigenvalue weighted by Crippen LogP contribution is -1.93. The van der Waals surface area contributed by atoms with Crippen LogP contribution in [0.4, 0.5) is 0 Å². The van der Waals surface area contributed by atoms with Gasteiger partial charge < -0.3 is 0 Å².